The Balaban J connectivity index is 1.60. The molecule has 0 fully saturated rings. The minimum absolute atomic E-state index is 0.0874. The van der Waals surface area contributed by atoms with Crippen molar-refractivity contribution < 1.29 is 23.4 Å². The van der Waals surface area contributed by atoms with Gasteiger partial charge in [0, 0.05) is 6.42 Å². The molecule has 0 saturated carbocycles. The molecule has 174 valence electrons. The maximum atomic E-state index is 13.4. The number of hydrogen-bond acceptors (Lipinski definition) is 3. The number of aromatic hydroxyl groups is 1. The molecule has 0 spiro atoms. The first kappa shape index (κ1) is 24.4. The summed E-state index contributed by atoms with van der Waals surface area (Å²) >= 11 is 0. The van der Waals surface area contributed by atoms with E-state index in [4.69, 9.17) is 4.74 Å². The summed E-state index contributed by atoms with van der Waals surface area (Å²) in [7, 11) is 0. The Labute approximate surface area is 194 Å². The molecule has 0 aliphatic carbocycles. The van der Waals surface area contributed by atoms with Crippen LogP contribution in [-0.4, -0.2) is 17.5 Å². The highest BCUT2D eigenvalue weighted by Gasteiger charge is 2.24. The maximum absolute atomic E-state index is 13.4. The van der Waals surface area contributed by atoms with Gasteiger partial charge in [0.1, 0.15) is 17.1 Å². The van der Waals surface area contributed by atoms with E-state index in [0.29, 0.717) is 12.8 Å². The average molecular weight is 453 g/mol. The molecule has 3 aromatic rings. The van der Waals surface area contributed by atoms with Gasteiger partial charge in [0.05, 0.1) is 12.2 Å². The summed E-state index contributed by atoms with van der Waals surface area (Å²) in [4.78, 5) is 12.6. The third kappa shape index (κ3) is 6.19. The van der Waals surface area contributed by atoms with E-state index in [-0.39, 0.29) is 30.1 Å². The number of aryl methyl sites for hydroxylation is 2. The monoisotopic (exact) mass is 452 g/mol. The Morgan fingerprint density at radius 3 is 1.97 bits per heavy atom. The predicted molar refractivity (Wildman–Crippen MR) is 127 cm³/mol. The molecule has 0 amide bonds. The summed E-state index contributed by atoms with van der Waals surface area (Å²) in [5.41, 5.74) is 4.02. The van der Waals surface area contributed by atoms with Gasteiger partial charge in [0.2, 0.25) is 0 Å². The van der Waals surface area contributed by atoms with E-state index in [1.807, 2.05) is 12.1 Å². The fraction of sp³-hybridized carbons (Fsp3) is 0.321. The Morgan fingerprint density at radius 1 is 0.879 bits per heavy atom. The van der Waals surface area contributed by atoms with Crippen molar-refractivity contribution in [3.63, 3.8) is 0 Å². The smallest absolute Gasteiger partial charge is 0.271 e. The molecule has 0 aliphatic rings. The molecule has 3 rings (SSSR count). The van der Waals surface area contributed by atoms with Gasteiger partial charge in [-0.25, -0.2) is 8.78 Å². The highest BCUT2D eigenvalue weighted by atomic mass is 19.3. The number of ether oxygens (including phenoxy) is 1. The van der Waals surface area contributed by atoms with Gasteiger partial charge in [-0.05, 0) is 60.6 Å². The van der Waals surface area contributed by atoms with Gasteiger partial charge in [-0.3, -0.25) is 4.79 Å². The molecule has 3 aromatic carbocycles. The molecular weight excluding hydrogens is 422 g/mol. The lowest BCUT2D eigenvalue weighted by Gasteiger charge is -2.14. The topological polar surface area (TPSA) is 46.5 Å². The highest BCUT2D eigenvalue weighted by molar-refractivity contribution is 5.99. The second kappa shape index (κ2) is 11.6. The van der Waals surface area contributed by atoms with E-state index in [9.17, 15) is 18.7 Å². The standard InChI is InChI=1S/C28H30F2O3/c1-3-6-19-9-13-21(14-10-19)22-15-11-20(12-16-22)7-5-8-24(31)23-17-18-25(33-4-2)26(27(23)32)28(29)30/h9-18,28,32H,3-8H2,1-2H3. The summed E-state index contributed by atoms with van der Waals surface area (Å²) in [6.45, 7) is 4.03. The van der Waals surface area contributed by atoms with Crippen LogP contribution in [0.5, 0.6) is 11.5 Å². The first-order chi connectivity index (χ1) is 15.9. The largest absolute Gasteiger partial charge is 0.507 e. The van der Waals surface area contributed by atoms with Crippen molar-refractivity contribution in [1.29, 1.82) is 0 Å². The molecule has 0 heterocycles. The van der Waals surface area contributed by atoms with Crippen LogP contribution in [0, 0.1) is 0 Å². The number of Topliss-reactive ketones (excluding diaryl/α,β-unsaturated/α-hetero) is 1. The van der Waals surface area contributed by atoms with E-state index in [2.05, 4.69) is 43.3 Å². The molecule has 0 saturated heterocycles. The van der Waals surface area contributed by atoms with Crippen molar-refractivity contribution in [3.05, 3.63) is 82.9 Å². The van der Waals surface area contributed by atoms with Gasteiger partial charge in [-0.2, -0.15) is 0 Å². The zero-order valence-electron chi connectivity index (χ0n) is 19.1. The molecule has 0 aliphatic heterocycles. The number of benzene rings is 3. The van der Waals surface area contributed by atoms with Crippen LogP contribution < -0.4 is 4.74 Å². The number of ketones is 1. The second-order valence-electron chi connectivity index (χ2n) is 8.03. The van der Waals surface area contributed by atoms with Crippen LogP contribution in [0.3, 0.4) is 0 Å². The number of carbonyl (C=O) groups is 1. The lowest BCUT2D eigenvalue weighted by molar-refractivity contribution is 0.0976. The first-order valence-corrected chi connectivity index (χ1v) is 11.4. The summed E-state index contributed by atoms with van der Waals surface area (Å²) < 4.78 is 31.9. The van der Waals surface area contributed by atoms with Crippen LogP contribution in [0.4, 0.5) is 8.78 Å². The van der Waals surface area contributed by atoms with Crippen molar-refractivity contribution in [1.82, 2.24) is 0 Å². The Morgan fingerprint density at radius 2 is 1.45 bits per heavy atom. The number of carbonyl (C=O) groups excluding carboxylic acids is 1. The van der Waals surface area contributed by atoms with E-state index >= 15 is 0 Å². The van der Waals surface area contributed by atoms with Crippen LogP contribution in [0.1, 0.15) is 66.6 Å². The highest BCUT2D eigenvalue weighted by Crippen LogP contribution is 2.39. The molecule has 0 radical (unpaired) electrons. The number of rotatable bonds is 11. The fourth-order valence-corrected chi connectivity index (χ4v) is 3.91. The molecule has 33 heavy (non-hydrogen) atoms. The Hall–Kier alpha value is -3.21. The number of hydrogen-bond donors (Lipinski definition) is 1. The first-order valence-electron chi connectivity index (χ1n) is 11.4. The van der Waals surface area contributed by atoms with Crippen LogP contribution in [0.2, 0.25) is 0 Å². The second-order valence-corrected chi connectivity index (χ2v) is 8.03. The molecule has 1 N–H and O–H groups in total. The summed E-state index contributed by atoms with van der Waals surface area (Å²) in [5, 5.41) is 10.3. The molecule has 3 nitrogen and oxygen atoms in total. The van der Waals surface area contributed by atoms with Crippen molar-refractivity contribution in [2.45, 2.75) is 52.4 Å². The number of alkyl halides is 2. The SMILES string of the molecule is CCCc1ccc(-c2ccc(CCCC(=O)c3ccc(OCC)c(C(F)F)c3O)cc2)cc1. The van der Waals surface area contributed by atoms with Crippen molar-refractivity contribution >= 4 is 5.78 Å². The quantitative estimate of drug-likeness (QED) is 0.306. The minimum atomic E-state index is -2.93. The molecule has 0 aromatic heterocycles. The number of phenols is 1. The van der Waals surface area contributed by atoms with Gasteiger partial charge in [0.25, 0.3) is 6.43 Å². The summed E-state index contributed by atoms with van der Waals surface area (Å²) in [6.07, 6.45) is 0.672. The molecule has 0 bridgehead atoms. The zero-order chi connectivity index (χ0) is 23.8. The average Bonchev–Trinajstić information content (AvgIpc) is 2.80. The third-order valence-corrected chi connectivity index (χ3v) is 5.64. The van der Waals surface area contributed by atoms with Gasteiger partial charge in [-0.15, -0.1) is 0 Å². The maximum Gasteiger partial charge on any atom is 0.271 e. The number of halogens is 2. The Kier molecular flexibility index (Phi) is 8.58. The Bertz CT molecular complexity index is 1060. The lowest BCUT2D eigenvalue weighted by Crippen LogP contribution is -2.05. The van der Waals surface area contributed by atoms with E-state index in [1.54, 1.807) is 6.92 Å². The van der Waals surface area contributed by atoms with E-state index in [0.717, 1.165) is 29.5 Å². The number of phenolic OH excluding ortho intramolecular Hbond substituents is 1. The van der Waals surface area contributed by atoms with Crippen LogP contribution >= 0.6 is 0 Å². The van der Waals surface area contributed by atoms with Crippen molar-refractivity contribution in [3.8, 4) is 22.6 Å². The van der Waals surface area contributed by atoms with Gasteiger partial charge >= 0.3 is 0 Å². The van der Waals surface area contributed by atoms with E-state index in [1.165, 1.54) is 17.7 Å². The predicted octanol–water partition coefficient (Wildman–Crippen LogP) is 7.55. The molecule has 0 unspecified atom stereocenters. The minimum Gasteiger partial charge on any atom is -0.507 e. The third-order valence-electron chi connectivity index (χ3n) is 5.64. The normalized spacial score (nSPS) is 11.1. The molecule has 0 atom stereocenters. The van der Waals surface area contributed by atoms with Gasteiger partial charge < -0.3 is 9.84 Å². The lowest BCUT2D eigenvalue weighted by atomic mass is 9.98. The summed E-state index contributed by atoms with van der Waals surface area (Å²) in [6, 6.07) is 19.5. The van der Waals surface area contributed by atoms with Crippen molar-refractivity contribution in [2.75, 3.05) is 6.61 Å². The fourth-order valence-electron chi connectivity index (χ4n) is 3.91. The summed E-state index contributed by atoms with van der Waals surface area (Å²) in [5.74, 6) is -1.14. The zero-order valence-corrected chi connectivity index (χ0v) is 19.1. The van der Waals surface area contributed by atoms with Crippen LogP contribution in [0.25, 0.3) is 11.1 Å². The van der Waals surface area contributed by atoms with Gasteiger partial charge in [0.15, 0.2) is 5.78 Å². The van der Waals surface area contributed by atoms with Crippen LogP contribution in [0.15, 0.2) is 60.7 Å². The van der Waals surface area contributed by atoms with E-state index < -0.39 is 17.7 Å². The van der Waals surface area contributed by atoms with Crippen molar-refractivity contribution in [2.24, 2.45) is 0 Å². The molecular formula is C28H30F2O3. The molecule has 5 heteroatoms. The van der Waals surface area contributed by atoms with Gasteiger partial charge in [-0.1, -0.05) is 61.9 Å². The van der Waals surface area contributed by atoms with Crippen LogP contribution in [-0.2, 0) is 12.8 Å².